The number of esters is 1. The SMILES string of the molecule is CCOC(=O)[C@H]1O[C@@H]1C(C)C. The van der Waals surface area contributed by atoms with Crippen molar-refractivity contribution in [1.82, 2.24) is 0 Å². The molecule has 0 bridgehead atoms. The third kappa shape index (κ3) is 1.93. The van der Waals surface area contributed by atoms with Crippen LogP contribution in [0.1, 0.15) is 20.8 Å². The Hall–Kier alpha value is -0.570. The second-order valence-electron chi connectivity index (χ2n) is 3.02. The Morgan fingerprint density at radius 3 is 2.64 bits per heavy atom. The summed E-state index contributed by atoms with van der Waals surface area (Å²) < 4.78 is 9.90. The van der Waals surface area contributed by atoms with Gasteiger partial charge in [-0.3, -0.25) is 0 Å². The molecular weight excluding hydrogens is 144 g/mol. The normalized spacial score (nSPS) is 28.7. The molecule has 0 spiro atoms. The highest BCUT2D eigenvalue weighted by atomic mass is 16.6. The van der Waals surface area contributed by atoms with Crippen LogP contribution >= 0.6 is 0 Å². The summed E-state index contributed by atoms with van der Waals surface area (Å²) in [6.07, 6.45) is -0.191. The van der Waals surface area contributed by atoms with Gasteiger partial charge in [-0.2, -0.15) is 0 Å². The minimum absolute atomic E-state index is 0.0917. The monoisotopic (exact) mass is 158 g/mol. The van der Waals surface area contributed by atoms with Crippen molar-refractivity contribution in [2.75, 3.05) is 6.61 Å². The van der Waals surface area contributed by atoms with E-state index in [1.807, 2.05) is 13.8 Å². The lowest BCUT2D eigenvalue weighted by Gasteiger charge is -1.98. The maximum Gasteiger partial charge on any atom is 0.338 e. The van der Waals surface area contributed by atoms with E-state index in [0.717, 1.165) is 0 Å². The molecule has 11 heavy (non-hydrogen) atoms. The summed E-state index contributed by atoms with van der Waals surface area (Å²) in [5, 5.41) is 0. The first-order chi connectivity index (χ1) is 5.16. The molecule has 3 heteroatoms. The van der Waals surface area contributed by atoms with Gasteiger partial charge < -0.3 is 9.47 Å². The fourth-order valence-corrected chi connectivity index (χ4v) is 1.04. The van der Waals surface area contributed by atoms with Crippen LogP contribution in [0.3, 0.4) is 0 Å². The van der Waals surface area contributed by atoms with Gasteiger partial charge in [0, 0.05) is 0 Å². The van der Waals surface area contributed by atoms with Crippen LogP contribution in [0.15, 0.2) is 0 Å². The fraction of sp³-hybridized carbons (Fsp3) is 0.875. The molecular formula is C8H14O3. The molecule has 0 aromatic heterocycles. The van der Waals surface area contributed by atoms with Crippen molar-refractivity contribution >= 4 is 5.97 Å². The van der Waals surface area contributed by atoms with E-state index < -0.39 is 0 Å². The fourth-order valence-electron chi connectivity index (χ4n) is 1.04. The van der Waals surface area contributed by atoms with Crippen molar-refractivity contribution in [3.05, 3.63) is 0 Å². The van der Waals surface area contributed by atoms with Crippen LogP contribution in [0.2, 0.25) is 0 Å². The van der Waals surface area contributed by atoms with Gasteiger partial charge in [0.2, 0.25) is 0 Å². The van der Waals surface area contributed by atoms with E-state index in [-0.39, 0.29) is 18.2 Å². The molecule has 1 aliphatic rings. The minimum Gasteiger partial charge on any atom is -0.464 e. The summed E-state index contributed by atoms with van der Waals surface area (Å²) >= 11 is 0. The summed E-state index contributed by atoms with van der Waals surface area (Å²) in [5.74, 6) is 0.190. The number of hydrogen-bond donors (Lipinski definition) is 0. The third-order valence-corrected chi connectivity index (χ3v) is 1.70. The lowest BCUT2D eigenvalue weighted by atomic mass is 10.1. The number of epoxide rings is 1. The third-order valence-electron chi connectivity index (χ3n) is 1.70. The van der Waals surface area contributed by atoms with Crippen LogP contribution in [0, 0.1) is 5.92 Å². The molecule has 0 N–H and O–H groups in total. The van der Waals surface area contributed by atoms with Crippen LogP contribution < -0.4 is 0 Å². The second kappa shape index (κ2) is 3.22. The maximum absolute atomic E-state index is 11.0. The van der Waals surface area contributed by atoms with Crippen LogP contribution in [0.25, 0.3) is 0 Å². The summed E-state index contributed by atoms with van der Waals surface area (Å²) in [5.41, 5.74) is 0. The van der Waals surface area contributed by atoms with Crippen molar-refractivity contribution in [2.45, 2.75) is 33.0 Å². The van der Waals surface area contributed by atoms with Crippen LogP contribution in [-0.2, 0) is 14.3 Å². The summed E-state index contributed by atoms with van der Waals surface area (Å²) in [6.45, 7) is 6.29. The number of ether oxygens (including phenoxy) is 2. The molecule has 1 rings (SSSR count). The van der Waals surface area contributed by atoms with Crippen LogP contribution in [-0.4, -0.2) is 24.8 Å². The highest BCUT2D eigenvalue weighted by Gasteiger charge is 2.47. The van der Waals surface area contributed by atoms with Gasteiger partial charge in [0.05, 0.1) is 12.7 Å². The van der Waals surface area contributed by atoms with Crippen LogP contribution in [0.5, 0.6) is 0 Å². The first kappa shape index (κ1) is 8.53. The number of hydrogen-bond acceptors (Lipinski definition) is 3. The average Bonchev–Trinajstić information content (AvgIpc) is 2.65. The molecule has 1 fully saturated rings. The zero-order valence-electron chi connectivity index (χ0n) is 7.16. The van der Waals surface area contributed by atoms with Crippen molar-refractivity contribution in [3.8, 4) is 0 Å². The zero-order chi connectivity index (χ0) is 8.43. The lowest BCUT2D eigenvalue weighted by Crippen LogP contribution is -2.15. The molecule has 0 unspecified atom stereocenters. The first-order valence-corrected chi connectivity index (χ1v) is 3.99. The quantitative estimate of drug-likeness (QED) is 0.454. The van der Waals surface area contributed by atoms with Gasteiger partial charge in [0.25, 0.3) is 0 Å². The van der Waals surface area contributed by atoms with Gasteiger partial charge in [-0.05, 0) is 12.8 Å². The number of carbonyl (C=O) groups is 1. The Labute approximate surface area is 66.7 Å². The molecule has 0 aromatic carbocycles. The Morgan fingerprint density at radius 2 is 2.27 bits per heavy atom. The molecule has 1 heterocycles. The summed E-state index contributed by atoms with van der Waals surface area (Å²) in [7, 11) is 0. The molecule has 0 saturated carbocycles. The molecule has 1 saturated heterocycles. The highest BCUT2D eigenvalue weighted by Crippen LogP contribution is 2.29. The van der Waals surface area contributed by atoms with Crippen molar-refractivity contribution in [1.29, 1.82) is 0 Å². The Balaban J connectivity index is 2.26. The van der Waals surface area contributed by atoms with E-state index in [4.69, 9.17) is 9.47 Å². The van der Waals surface area contributed by atoms with E-state index >= 15 is 0 Å². The predicted octanol–water partition coefficient (Wildman–Crippen LogP) is 0.973. The molecule has 0 aromatic rings. The first-order valence-electron chi connectivity index (χ1n) is 3.99. The van der Waals surface area contributed by atoms with Gasteiger partial charge in [-0.1, -0.05) is 13.8 Å². The largest absolute Gasteiger partial charge is 0.464 e. The average molecular weight is 158 g/mol. The highest BCUT2D eigenvalue weighted by molar-refractivity contribution is 5.78. The van der Waals surface area contributed by atoms with E-state index in [0.29, 0.717) is 12.5 Å². The van der Waals surface area contributed by atoms with Gasteiger partial charge >= 0.3 is 5.97 Å². The molecule has 0 aliphatic carbocycles. The Bertz CT molecular complexity index is 153. The Morgan fingerprint density at radius 1 is 1.64 bits per heavy atom. The van der Waals surface area contributed by atoms with Gasteiger partial charge in [0.15, 0.2) is 6.10 Å². The molecule has 3 nitrogen and oxygen atoms in total. The van der Waals surface area contributed by atoms with Gasteiger partial charge in [-0.15, -0.1) is 0 Å². The predicted molar refractivity (Wildman–Crippen MR) is 40.1 cm³/mol. The molecule has 1 aliphatic heterocycles. The molecule has 0 radical (unpaired) electrons. The van der Waals surface area contributed by atoms with E-state index in [9.17, 15) is 4.79 Å². The van der Waals surface area contributed by atoms with Crippen molar-refractivity contribution in [2.24, 2.45) is 5.92 Å². The molecule has 64 valence electrons. The minimum atomic E-state index is -0.282. The van der Waals surface area contributed by atoms with E-state index in [1.54, 1.807) is 6.92 Å². The van der Waals surface area contributed by atoms with E-state index in [1.165, 1.54) is 0 Å². The van der Waals surface area contributed by atoms with Gasteiger partial charge in [-0.25, -0.2) is 4.79 Å². The van der Waals surface area contributed by atoms with E-state index in [2.05, 4.69) is 0 Å². The number of carbonyl (C=O) groups excluding carboxylic acids is 1. The molecule has 0 amide bonds. The second-order valence-corrected chi connectivity index (χ2v) is 3.02. The van der Waals surface area contributed by atoms with Crippen LogP contribution in [0.4, 0.5) is 0 Å². The summed E-state index contributed by atoms with van der Waals surface area (Å²) in [4.78, 5) is 11.0. The zero-order valence-corrected chi connectivity index (χ0v) is 7.16. The standard InChI is InChI=1S/C8H14O3/c1-4-10-8(9)7-6(11-7)5(2)3/h5-7H,4H2,1-3H3/t6-,7+/m1/s1. The van der Waals surface area contributed by atoms with Gasteiger partial charge in [0.1, 0.15) is 0 Å². The van der Waals surface area contributed by atoms with Crippen molar-refractivity contribution in [3.63, 3.8) is 0 Å². The van der Waals surface area contributed by atoms with Crippen molar-refractivity contribution < 1.29 is 14.3 Å². The topological polar surface area (TPSA) is 38.8 Å². The number of rotatable bonds is 3. The molecule has 2 atom stereocenters. The lowest BCUT2D eigenvalue weighted by molar-refractivity contribution is -0.144. The Kier molecular flexibility index (Phi) is 2.49. The summed E-state index contributed by atoms with van der Waals surface area (Å²) in [6, 6.07) is 0. The smallest absolute Gasteiger partial charge is 0.338 e. The maximum atomic E-state index is 11.0.